The van der Waals surface area contributed by atoms with Crippen LogP contribution in [-0.2, 0) is 19.9 Å². The van der Waals surface area contributed by atoms with Gasteiger partial charge in [-0.3, -0.25) is 0 Å². The number of rotatable bonds is 9. The molecule has 0 bridgehead atoms. The third kappa shape index (κ3) is 4.92. The zero-order chi connectivity index (χ0) is 14.1. The maximum atomic E-state index is 5.89. The average Bonchev–Trinajstić information content (AvgIpc) is 2.49. The monoisotopic (exact) mass is 285 g/mol. The molecule has 1 aromatic carbocycles. The van der Waals surface area contributed by atoms with Gasteiger partial charge in [0.2, 0.25) is 0 Å². The molecule has 1 rings (SSSR count). The van der Waals surface area contributed by atoms with E-state index in [-0.39, 0.29) is 0 Å². The first kappa shape index (κ1) is 16.1. The van der Waals surface area contributed by atoms with Gasteiger partial charge in [0.1, 0.15) is 5.75 Å². The highest BCUT2D eigenvalue weighted by Crippen LogP contribution is 2.19. The smallest absolute Gasteiger partial charge is 0.497 e. The standard InChI is InChI=1S/C13H23NO4Si/c1-15-13-7-5-12(6-8-13)11-18-19(16-2,17-3)10-4-9-14/h5-8H,4,9-11,14H2,1-3H3. The lowest BCUT2D eigenvalue weighted by atomic mass is 10.2. The van der Waals surface area contributed by atoms with Crippen LogP contribution >= 0.6 is 0 Å². The average molecular weight is 285 g/mol. The fourth-order valence-corrected chi connectivity index (χ4v) is 3.69. The molecule has 5 nitrogen and oxygen atoms in total. The van der Waals surface area contributed by atoms with Crippen molar-refractivity contribution in [2.75, 3.05) is 27.9 Å². The van der Waals surface area contributed by atoms with Gasteiger partial charge in [0.15, 0.2) is 0 Å². The molecule has 0 aromatic heterocycles. The van der Waals surface area contributed by atoms with Crippen LogP contribution in [0.3, 0.4) is 0 Å². The van der Waals surface area contributed by atoms with E-state index in [0.29, 0.717) is 13.2 Å². The Hall–Kier alpha value is -0.923. The second-order valence-corrected chi connectivity index (χ2v) is 7.09. The van der Waals surface area contributed by atoms with E-state index in [9.17, 15) is 0 Å². The van der Waals surface area contributed by atoms with Crippen LogP contribution in [0.5, 0.6) is 5.75 Å². The van der Waals surface area contributed by atoms with Gasteiger partial charge < -0.3 is 23.7 Å². The lowest BCUT2D eigenvalue weighted by Crippen LogP contribution is -2.43. The topological polar surface area (TPSA) is 62.9 Å². The number of hydrogen-bond acceptors (Lipinski definition) is 5. The van der Waals surface area contributed by atoms with Crippen LogP contribution in [0, 0.1) is 0 Å². The summed E-state index contributed by atoms with van der Waals surface area (Å²) in [5, 5.41) is 0. The van der Waals surface area contributed by atoms with Crippen molar-refractivity contribution in [3.05, 3.63) is 29.8 Å². The molecule has 0 saturated heterocycles. The van der Waals surface area contributed by atoms with Crippen LogP contribution in [0.1, 0.15) is 12.0 Å². The van der Waals surface area contributed by atoms with Gasteiger partial charge >= 0.3 is 8.80 Å². The van der Waals surface area contributed by atoms with Gasteiger partial charge in [-0.1, -0.05) is 12.1 Å². The summed E-state index contributed by atoms with van der Waals surface area (Å²) in [5.41, 5.74) is 6.58. The van der Waals surface area contributed by atoms with Crippen LogP contribution in [0.15, 0.2) is 24.3 Å². The number of hydrogen-bond donors (Lipinski definition) is 1. The molecule has 0 unspecified atom stereocenters. The molecule has 0 aliphatic heterocycles. The minimum atomic E-state index is -2.58. The van der Waals surface area contributed by atoms with Crippen LogP contribution in [-0.4, -0.2) is 36.7 Å². The van der Waals surface area contributed by atoms with Crippen LogP contribution in [0.25, 0.3) is 0 Å². The molecule has 0 amide bonds. The normalized spacial score (nSPS) is 11.6. The van der Waals surface area contributed by atoms with Gasteiger partial charge in [-0.25, -0.2) is 0 Å². The molecule has 0 fully saturated rings. The van der Waals surface area contributed by atoms with Crippen molar-refractivity contribution in [2.45, 2.75) is 19.1 Å². The summed E-state index contributed by atoms with van der Waals surface area (Å²) in [4.78, 5) is 0. The molecule has 0 saturated carbocycles. The van der Waals surface area contributed by atoms with Gasteiger partial charge in [-0.15, -0.1) is 0 Å². The highest BCUT2D eigenvalue weighted by atomic mass is 28.4. The lowest BCUT2D eigenvalue weighted by molar-refractivity contribution is 0.0909. The first-order chi connectivity index (χ1) is 9.19. The van der Waals surface area contributed by atoms with Gasteiger partial charge in [0.05, 0.1) is 13.7 Å². The molecule has 6 heteroatoms. The largest absolute Gasteiger partial charge is 0.500 e. The molecule has 0 radical (unpaired) electrons. The fourth-order valence-electron chi connectivity index (χ4n) is 1.71. The lowest BCUT2D eigenvalue weighted by Gasteiger charge is -2.26. The summed E-state index contributed by atoms with van der Waals surface area (Å²) in [6.07, 6.45) is 0.830. The molecule has 0 heterocycles. The Kier molecular flexibility index (Phi) is 7.04. The van der Waals surface area contributed by atoms with Crippen molar-refractivity contribution in [1.82, 2.24) is 0 Å². The molecule has 19 heavy (non-hydrogen) atoms. The number of ether oxygens (including phenoxy) is 1. The second kappa shape index (κ2) is 8.29. The zero-order valence-electron chi connectivity index (χ0n) is 11.8. The minimum absolute atomic E-state index is 0.461. The molecule has 108 valence electrons. The summed E-state index contributed by atoms with van der Waals surface area (Å²) < 4.78 is 21.9. The van der Waals surface area contributed by atoms with Crippen LogP contribution < -0.4 is 10.5 Å². The van der Waals surface area contributed by atoms with E-state index in [4.69, 9.17) is 23.7 Å². The number of nitrogens with two attached hydrogens (primary N) is 1. The van der Waals surface area contributed by atoms with Gasteiger partial charge in [-0.05, 0) is 30.7 Å². The Balaban J connectivity index is 2.59. The second-order valence-electron chi connectivity index (χ2n) is 4.12. The van der Waals surface area contributed by atoms with Gasteiger partial charge in [-0.2, -0.15) is 0 Å². The van der Waals surface area contributed by atoms with Crippen molar-refractivity contribution < 1.29 is 18.0 Å². The Morgan fingerprint density at radius 1 is 1.05 bits per heavy atom. The third-order valence-electron chi connectivity index (χ3n) is 2.93. The van der Waals surface area contributed by atoms with E-state index in [1.807, 2.05) is 24.3 Å². The predicted molar refractivity (Wildman–Crippen MR) is 76.0 cm³/mol. The van der Waals surface area contributed by atoms with E-state index in [1.54, 1.807) is 21.3 Å². The molecule has 0 atom stereocenters. The maximum absolute atomic E-state index is 5.89. The van der Waals surface area contributed by atoms with Crippen molar-refractivity contribution in [3.63, 3.8) is 0 Å². The van der Waals surface area contributed by atoms with Gasteiger partial charge in [0, 0.05) is 20.3 Å². The van der Waals surface area contributed by atoms with E-state index < -0.39 is 8.80 Å². The molecule has 0 aliphatic carbocycles. The quantitative estimate of drug-likeness (QED) is 0.701. The third-order valence-corrected chi connectivity index (χ3v) is 5.72. The van der Waals surface area contributed by atoms with E-state index in [1.165, 1.54) is 0 Å². The van der Waals surface area contributed by atoms with Crippen molar-refractivity contribution >= 4 is 8.80 Å². The SMILES string of the molecule is COc1ccc(CO[Si](CCCN)(OC)OC)cc1. The zero-order valence-corrected chi connectivity index (χ0v) is 12.8. The predicted octanol–water partition coefficient (Wildman–Crippen LogP) is 1.79. The van der Waals surface area contributed by atoms with Crippen LogP contribution in [0.4, 0.5) is 0 Å². The van der Waals surface area contributed by atoms with Crippen molar-refractivity contribution in [2.24, 2.45) is 5.73 Å². The number of benzene rings is 1. The van der Waals surface area contributed by atoms with E-state index >= 15 is 0 Å². The summed E-state index contributed by atoms with van der Waals surface area (Å²) >= 11 is 0. The number of methoxy groups -OCH3 is 1. The highest BCUT2D eigenvalue weighted by Gasteiger charge is 2.38. The fraction of sp³-hybridized carbons (Fsp3) is 0.538. The molecular weight excluding hydrogens is 262 g/mol. The molecule has 0 aliphatic rings. The maximum Gasteiger partial charge on any atom is 0.500 e. The van der Waals surface area contributed by atoms with Crippen LogP contribution in [0.2, 0.25) is 6.04 Å². The molecule has 2 N–H and O–H groups in total. The summed E-state index contributed by atoms with van der Waals surface area (Å²) in [6.45, 7) is 1.07. The van der Waals surface area contributed by atoms with Crippen molar-refractivity contribution in [1.29, 1.82) is 0 Å². The van der Waals surface area contributed by atoms with E-state index in [0.717, 1.165) is 23.8 Å². The molecule has 0 spiro atoms. The van der Waals surface area contributed by atoms with E-state index in [2.05, 4.69) is 0 Å². The Bertz CT molecular complexity index is 354. The Morgan fingerprint density at radius 2 is 1.68 bits per heavy atom. The summed E-state index contributed by atoms with van der Waals surface area (Å²) in [5.74, 6) is 0.828. The first-order valence-corrected chi connectivity index (χ1v) is 8.20. The molecule has 1 aromatic rings. The summed E-state index contributed by atoms with van der Waals surface area (Å²) in [6, 6.07) is 8.47. The first-order valence-electron chi connectivity index (χ1n) is 6.27. The molecular formula is C13H23NO4Si. The minimum Gasteiger partial charge on any atom is -0.497 e. The Labute approximate surface area is 116 Å². The van der Waals surface area contributed by atoms with Gasteiger partial charge in [0.25, 0.3) is 0 Å². The summed E-state index contributed by atoms with van der Waals surface area (Å²) in [7, 11) is 2.32. The Morgan fingerprint density at radius 3 is 2.16 bits per heavy atom. The highest BCUT2D eigenvalue weighted by molar-refractivity contribution is 6.60. The van der Waals surface area contributed by atoms with Crippen molar-refractivity contribution in [3.8, 4) is 5.75 Å².